The van der Waals surface area contributed by atoms with Crippen LogP contribution in [0.4, 0.5) is 0 Å². The number of hydrogen-bond acceptors (Lipinski definition) is 1. The Kier molecular flexibility index (Phi) is 3.89. The predicted octanol–water partition coefficient (Wildman–Crippen LogP) is 2.43. The van der Waals surface area contributed by atoms with Crippen molar-refractivity contribution in [3.8, 4) is 0 Å². The Hall–Kier alpha value is -1.44. The Labute approximate surface area is 78.3 Å². The van der Waals surface area contributed by atoms with Gasteiger partial charge in [0.25, 0.3) is 0 Å². The smallest absolute Gasteiger partial charge is 0.245 e. The number of benzene rings is 1. The van der Waals surface area contributed by atoms with Crippen LogP contribution in [0.2, 0.25) is 0 Å². The second kappa shape index (κ2) is 5.25. The third-order valence-corrected chi connectivity index (χ3v) is 1.62. The van der Waals surface area contributed by atoms with Crippen LogP contribution < -0.4 is 0 Å². The highest BCUT2D eigenvalue weighted by Gasteiger charge is 1.93. The highest BCUT2D eigenvalue weighted by molar-refractivity contribution is 5.91. The molecule has 1 amide bonds. The minimum absolute atomic E-state index is 0.0497. The third-order valence-electron chi connectivity index (χ3n) is 1.62. The fourth-order valence-electron chi connectivity index (χ4n) is 0.964. The number of amides is 1. The molecule has 0 fully saturated rings. The molecule has 0 aliphatic rings. The standard InChI is InChI=1S/C11H13NO/c1-2-6-11(13)12-9-10-7-4-3-5-8-10/h3-5,7-9H,2,6H2,1H3. The summed E-state index contributed by atoms with van der Waals surface area (Å²) >= 11 is 0. The Bertz CT molecular complexity index is 290. The largest absolute Gasteiger partial charge is 0.273 e. The molecule has 0 aliphatic carbocycles. The summed E-state index contributed by atoms with van der Waals surface area (Å²) in [6, 6.07) is 9.62. The average molecular weight is 175 g/mol. The lowest BCUT2D eigenvalue weighted by molar-refractivity contribution is -0.117. The molecule has 0 saturated carbocycles. The van der Waals surface area contributed by atoms with E-state index in [9.17, 15) is 4.79 Å². The zero-order valence-corrected chi connectivity index (χ0v) is 7.73. The van der Waals surface area contributed by atoms with Gasteiger partial charge in [0.1, 0.15) is 0 Å². The van der Waals surface area contributed by atoms with Crippen molar-refractivity contribution in [3.05, 3.63) is 35.9 Å². The van der Waals surface area contributed by atoms with Gasteiger partial charge in [-0.15, -0.1) is 0 Å². The maximum absolute atomic E-state index is 11.0. The zero-order valence-electron chi connectivity index (χ0n) is 7.73. The fourth-order valence-corrected chi connectivity index (χ4v) is 0.964. The number of nitrogens with zero attached hydrogens (tertiary/aromatic N) is 1. The van der Waals surface area contributed by atoms with Crippen molar-refractivity contribution < 1.29 is 4.79 Å². The van der Waals surface area contributed by atoms with Crippen LogP contribution in [0.15, 0.2) is 35.3 Å². The van der Waals surface area contributed by atoms with Gasteiger partial charge in [0.05, 0.1) is 0 Å². The lowest BCUT2D eigenvalue weighted by Crippen LogP contribution is -1.92. The summed E-state index contributed by atoms with van der Waals surface area (Å²) in [6.45, 7) is 1.97. The van der Waals surface area contributed by atoms with Crippen LogP contribution in [0.3, 0.4) is 0 Å². The van der Waals surface area contributed by atoms with Crippen LogP contribution in [-0.2, 0) is 4.79 Å². The molecule has 68 valence electrons. The number of hydrogen-bond donors (Lipinski definition) is 0. The van der Waals surface area contributed by atoms with Crippen LogP contribution in [-0.4, -0.2) is 12.1 Å². The SMILES string of the molecule is CCCC(=O)N=Cc1ccccc1. The first-order valence-electron chi connectivity index (χ1n) is 4.45. The van der Waals surface area contributed by atoms with E-state index in [0.29, 0.717) is 6.42 Å². The minimum atomic E-state index is -0.0497. The quantitative estimate of drug-likeness (QED) is 0.649. The first kappa shape index (κ1) is 9.65. The lowest BCUT2D eigenvalue weighted by Gasteiger charge is -1.90. The van der Waals surface area contributed by atoms with Crippen molar-refractivity contribution in [1.82, 2.24) is 0 Å². The molecule has 1 aromatic carbocycles. The van der Waals surface area contributed by atoms with Gasteiger partial charge >= 0.3 is 0 Å². The maximum Gasteiger partial charge on any atom is 0.245 e. The molecule has 0 unspecified atom stereocenters. The van der Waals surface area contributed by atoms with Crippen LogP contribution in [0.25, 0.3) is 0 Å². The van der Waals surface area contributed by atoms with Gasteiger partial charge in [-0.25, -0.2) is 4.99 Å². The second-order valence-corrected chi connectivity index (χ2v) is 2.81. The molecule has 1 rings (SSSR count). The van der Waals surface area contributed by atoms with Gasteiger partial charge in [0.2, 0.25) is 5.91 Å². The van der Waals surface area contributed by atoms with E-state index in [1.807, 2.05) is 37.3 Å². The van der Waals surface area contributed by atoms with E-state index >= 15 is 0 Å². The Morgan fingerprint density at radius 2 is 2.08 bits per heavy atom. The highest BCUT2D eigenvalue weighted by Crippen LogP contribution is 1.95. The molecule has 0 heterocycles. The van der Waals surface area contributed by atoms with E-state index in [1.54, 1.807) is 6.21 Å². The summed E-state index contributed by atoms with van der Waals surface area (Å²) < 4.78 is 0. The van der Waals surface area contributed by atoms with Gasteiger partial charge in [0, 0.05) is 12.6 Å². The van der Waals surface area contributed by atoms with Gasteiger partial charge in [-0.3, -0.25) is 4.79 Å². The van der Waals surface area contributed by atoms with Gasteiger partial charge in [-0.2, -0.15) is 0 Å². The highest BCUT2D eigenvalue weighted by atomic mass is 16.1. The second-order valence-electron chi connectivity index (χ2n) is 2.81. The summed E-state index contributed by atoms with van der Waals surface area (Å²) in [5, 5.41) is 0. The molecule has 0 aromatic heterocycles. The molecule has 0 aliphatic heterocycles. The number of carbonyl (C=O) groups is 1. The van der Waals surface area contributed by atoms with E-state index in [4.69, 9.17) is 0 Å². The van der Waals surface area contributed by atoms with Crippen LogP contribution >= 0.6 is 0 Å². The molecule has 2 heteroatoms. The normalized spacial score (nSPS) is 10.5. The van der Waals surface area contributed by atoms with E-state index in [1.165, 1.54) is 0 Å². The molecule has 0 N–H and O–H groups in total. The monoisotopic (exact) mass is 175 g/mol. The van der Waals surface area contributed by atoms with Crippen molar-refractivity contribution >= 4 is 12.1 Å². The third kappa shape index (κ3) is 3.65. The lowest BCUT2D eigenvalue weighted by atomic mass is 10.2. The molecular formula is C11H13NO. The minimum Gasteiger partial charge on any atom is -0.273 e. The van der Waals surface area contributed by atoms with E-state index in [-0.39, 0.29) is 5.91 Å². The van der Waals surface area contributed by atoms with Crippen LogP contribution in [0.1, 0.15) is 25.3 Å². The molecule has 0 saturated heterocycles. The van der Waals surface area contributed by atoms with Gasteiger partial charge in [-0.05, 0) is 12.0 Å². The van der Waals surface area contributed by atoms with E-state index in [2.05, 4.69) is 4.99 Å². The van der Waals surface area contributed by atoms with Crippen molar-refractivity contribution in [3.63, 3.8) is 0 Å². The van der Waals surface area contributed by atoms with Gasteiger partial charge < -0.3 is 0 Å². The maximum atomic E-state index is 11.0. The molecule has 13 heavy (non-hydrogen) atoms. The predicted molar refractivity (Wildman–Crippen MR) is 54.0 cm³/mol. The molecule has 0 bridgehead atoms. The van der Waals surface area contributed by atoms with Crippen LogP contribution in [0.5, 0.6) is 0 Å². The van der Waals surface area contributed by atoms with Crippen LogP contribution in [0, 0.1) is 0 Å². The first-order valence-corrected chi connectivity index (χ1v) is 4.45. The number of aliphatic imine (C=N–C) groups is 1. The number of rotatable bonds is 3. The van der Waals surface area contributed by atoms with E-state index < -0.39 is 0 Å². The Morgan fingerprint density at radius 1 is 1.38 bits per heavy atom. The van der Waals surface area contributed by atoms with Crippen molar-refractivity contribution in [2.45, 2.75) is 19.8 Å². The van der Waals surface area contributed by atoms with Gasteiger partial charge in [-0.1, -0.05) is 37.3 Å². The molecule has 0 radical (unpaired) electrons. The summed E-state index contributed by atoms with van der Waals surface area (Å²) in [7, 11) is 0. The molecule has 2 nitrogen and oxygen atoms in total. The van der Waals surface area contributed by atoms with E-state index in [0.717, 1.165) is 12.0 Å². The first-order chi connectivity index (χ1) is 6.33. The van der Waals surface area contributed by atoms with Crippen molar-refractivity contribution in [1.29, 1.82) is 0 Å². The fraction of sp³-hybridized carbons (Fsp3) is 0.273. The number of carbonyl (C=O) groups excluding carboxylic acids is 1. The molecular weight excluding hydrogens is 162 g/mol. The summed E-state index contributed by atoms with van der Waals surface area (Å²) in [6.07, 6.45) is 2.99. The topological polar surface area (TPSA) is 29.4 Å². The van der Waals surface area contributed by atoms with Crippen molar-refractivity contribution in [2.24, 2.45) is 4.99 Å². The summed E-state index contributed by atoms with van der Waals surface area (Å²) in [5.74, 6) is -0.0497. The summed E-state index contributed by atoms with van der Waals surface area (Å²) in [4.78, 5) is 14.8. The molecule has 1 aromatic rings. The van der Waals surface area contributed by atoms with Crippen molar-refractivity contribution in [2.75, 3.05) is 0 Å². The molecule has 0 spiro atoms. The average Bonchev–Trinajstić information content (AvgIpc) is 2.17. The summed E-state index contributed by atoms with van der Waals surface area (Å²) in [5.41, 5.74) is 0.965. The Morgan fingerprint density at radius 3 is 2.69 bits per heavy atom. The van der Waals surface area contributed by atoms with Gasteiger partial charge in [0.15, 0.2) is 0 Å². The zero-order chi connectivity index (χ0) is 9.52. The Balaban J connectivity index is 2.54. The molecule has 0 atom stereocenters.